The first-order valence-corrected chi connectivity index (χ1v) is 17.1. The highest BCUT2D eigenvalue weighted by atomic mass is 31.2. The van der Waals surface area contributed by atoms with E-state index < -0.39 is 13.9 Å². The van der Waals surface area contributed by atoms with Crippen LogP contribution in [0, 0.1) is 0 Å². The minimum atomic E-state index is -1.72. The van der Waals surface area contributed by atoms with Crippen LogP contribution in [0.3, 0.4) is 0 Å². The molecule has 6 heteroatoms. The molecule has 230 valence electrons. The summed E-state index contributed by atoms with van der Waals surface area (Å²) in [5.41, 5.74) is 5.52. The van der Waals surface area contributed by atoms with Crippen LogP contribution in [0.5, 0.6) is 34.5 Å². The van der Waals surface area contributed by atoms with Crippen LogP contribution in [-0.4, -0.2) is 4.67 Å². The highest BCUT2D eigenvalue weighted by Gasteiger charge is 2.55. The van der Waals surface area contributed by atoms with Crippen molar-refractivity contribution in [2.75, 3.05) is 0 Å². The van der Waals surface area contributed by atoms with Gasteiger partial charge in [0.25, 0.3) is 0 Å². The van der Waals surface area contributed by atoms with Gasteiger partial charge >= 0.3 is 8.53 Å². The van der Waals surface area contributed by atoms with Crippen LogP contribution < -0.4 is 18.5 Å². The van der Waals surface area contributed by atoms with Crippen molar-refractivity contribution in [3.05, 3.63) is 179 Å². The second kappa shape index (κ2) is 11.0. The third kappa shape index (κ3) is 4.24. The number of fused-ring (bicyclic) bond motifs is 2. The van der Waals surface area contributed by atoms with Crippen molar-refractivity contribution >= 4 is 8.53 Å². The Labute approximate surface area is 275 Å². The quantitative estimate of drug-likeness (QED) is 0.176. The molecule has 1 spiro atoms. The Morgan fingerprint density at radius 2 is 0.830 bits per heavy atom. The van der Waals surface area contributed by atoms with E-state index in [0.717, 1.165) is 56.8 Å². The SMILES string of the molecule is C[C@@H](c1ccccc1)N([C@@H](C)c1ccccc1)P1Oc2cccc3c2C2(c4ccccc4O3)c3ccccc3Oc3cccc(c32)O1. The third-order valence-electron chi connectivity index (χ3n) is 9.65. The van der Waals surface area contributed by atoms with E-state index in [1.807, 2.05) is 48.5 Å². The van der Waals surface area contributed by atoms with E-state index in [9.17, 15) is 0 Å². The second-order valence-electron chi connectivity index (χ2n) is 12.2. The predicted molar refractivity (Wildman–Crippen MR) is 185 cm³/mol. The maximum atomic E-state index is 7.26. The normalized spacial score (nSPS) is 16.2. The van der Waals surface area contributed by atoms with Crippen LogP contribution in [0.25, 0.3) is 0 Å². The number of ether oxygens (including phenoxy) is 2. The summed E-state index contributed by atoms with van der Waals surface area (Å²) in [7, 11) is -1.72. The van der Waals surface area contributed by atoms with Crippen LogP contribution in [0.2, 0.25) is 0 Å². The highest BCUT2D eigenvalue weighted by Crippen LogP contribution is 2.68. The van der Waals surface area contributed by atoms with Gasteiger partial charge in [0, 0.05) is 23.2 Å². The molecule has 3 aliphatic rings. The molecular weight excluding hydrogens is 601 g/mol. The first-order valence-electron chi connectivity index (χ1n) is 16.0. The molecule has 3 heterocycles. The van der Waals surface area contributed by atoms with Gasteiger partial charge in [0.1, 0.15) is 34.5 Å². The van der Waals surface area contributed by atoms with Crippen molar-refractivity contribution in [1.29, 1.82) is 0 Å². The van der Waals surface area contributed by atoms with Crippen LogP contribution >= 0.6 is 8.53 Å². The van der Waals surface area contributed by atoms with Crippen LogP contribution in [0.4, 0.5) is 0 Å². The minimum Gasteiger partial charge on any atom is -0.457 e. The Balaban J connectivity index is 1.32. The molecular formula is C41H32NO4P. The summed E-state index contributed by atoms with van der Waals surface area (Å²) >= 11 is 0. The predicted octanol–water partition coefficient (Wildman–Crippen LogP) is 11.1. The molecule has 0 aliphatic carbocycles. The van der Waals surface area contributed by atoms with Crippen molar-refractivity contribution in [1.82, 2.24) is 4.67 Å². The number of rotatable bonds is 5. The molecule has 0 aromatic heterocycles. The number of para-hydroxylation sites is 2. The molecule has 0 bridgehead atoms. The third-order valence-corrected chi connectivity index (χ3v) is 11.4. The minimum absolute atomic E-state index is 0.0327. The average molecular weight is 634 g/mol. The molecule has 5 nitrogen and oxygen atoms in total. The lowest BCUT2D eigenvalue weighted by Crippen LogP contribution is -2.39. The van der Waals surface area contributed by atoms with E-state index >= 15 is 0 Å². The fraction of sp³-hybridized carbons (Fsp3) is 0.122. The molecule has 9 rings (SSSR count). The van der Waals surface area contributed by atoms with Gasteiger partial charge in [-0.05, 0) is 61.4 Å². The van der Waals surface area contributed by atoms with E-state index in [2.05, 4.69) is 116 Å². The van der Waals surface area contributed by atoms with E-state index in [1.54, 1.807) is 0 Å². The molecule has 3 aliphatic heterocycles. The summed E-state index contributed by atoms with van der Waals surface area (Å²) in [5, 5.41) is 0. The molecule has 47 heavy (non-hydrogen) atoms. The van der Waals surface area contributed by atoms with E-state index in [1.165, 1.54) is 11.1 Å². The van der Waals surface area contributed by atoms with Gasteiger partial charge < -0.3 is 18.5 Å². The Morgan fingerprint density at radius 3 is 1.30 bits per heavy atom. The topological polar surface area (TPSA) is 40.2 Å². The lowest BCUT2D eigenvalue weighted by atomic mass is 9.62. The summed E-state index contributed by atoms with van der Waals surface area (Å²) in [5.74, 6) is 4.57. The van der Waals surface area contributed by atoms with Crippen LogP contribution in [0.15, 0.2) is 146 Å². The van der Waals surface area contributed by atoms with Gasteiger partial charge in [-0.25, -0.2) is 4.67 Å². The number of hydrogen-bond donors (Lipinski definition) is 0. The average Bonchev–Trinajstić information content (AvgIpc) is 3.11. The van der Waals surface area contributed by atoms with Crippen LogP contribution in [-0.2, 0) is 5.41 Å². The molecule has 0 saturated carbocycles. The maximum absolute atomic E-state index is 7.26. The first kappa shape index (κ1) is 28.2. The lowest BCUT2D eigenvalue weighted by Gasteiger charge is -2.48. The largest absolute Gasteiger partial charge is 0.457 e. The molecule has 0 fully saturated rings. The zero-order chi connectivity index (χ0) is 31.5. The summed E-state index contributed by atoms with van der Waals surface area (Å²) in [4.78, 5) is 0. The molecule has 0 N–H and O–H groups in total. The zero-order valence-electron chi connectivity index (χ0n) is 26.0. The van der Waals surface area contributed by atoms with Gasteiger partial charge in [-0.1, -0.05) is 109 Å². The van der Waals surface area contributed by atoms with Crippen molar-refractivity contribution in [3.63, 3.8) is 0 Å². The molecule has 0 unspecified atom stereocenters. The molecule has 6 aromatic rings. The molecule has 0 radical (unpaired) electrons. The summed E-state index contributed by atoms with van der Waals surface area (Å²) < 4.78 is 30.3. The number of hydrogen-bond acceptors (Lipinski definition) is 5. The summed E-state index contributed by atoms with van der Waals surface area (Å²) in [6.45, 7) is 4.46. The van der Waals surface area contributed by atoms with Crippen molar-refractivity contribution in [2.24, 2.45) is 0 Å². The maximum Gasteiger partial charge on any atom is 0.385 e. The van der Waals surface area contributed by atoms with Crippen LogP contribution in [0.1, 0.15) is 59.3 Å². The summed E-state index contributed by atoms with van der Waals surface area (Å²) in [6.07, 6.45) is 0. The van der Waals surface area contributed by atoms with Crippen molar-refractivity contribution in [3.8, 4) is 34.5 Å². The first-order chi connectivity index (χ1) is 23.1. The van der Waals surface area contributed by atoms with E-state index in [4.69, 9.17) is 18.5 Å². The fourth-order valence-corrected chi connectivity index (χ4v) is 9.23. The van der Waals surface area contributed by atoms with Gasteiger partial charge in [0.2, 0.25) is 0 Å². The molecule has 2 atom stereocenters. The Morgan fingerprint density at radius 1 is 0.447 bits per heavy atom. The van der Waals surface area contributed by atoms with E-state index in [-0.39, 0.29) is 12.1 Å². The van der Waals surface area contributed by atoms with Gasteiger partial charge in [-0.2, -0.15) is 0 Å². The number of nitrogens with zero attached hydrogens (tertiary/aromatic N) is 1. The Kier molecular flexibility index (Phi) is 6.60. The zero-order valence-corrected chi connectivity index (χ0v) is 26.9. The molecule has 0 saturated heterocycles. The standard InChI is InChI=1S/C41H32NO4P/c1-27(29-15-5-3-6-16-29)42(28(2)30-17-7-4-8-18-30)47-45-37-25-13-23-35-39(37)41(31-19-9-11-21-33(31)43-35)32-20-10-12-22-34(32)44-36-24-14-26-38(46-47)40(36)41/h3-28H,1-2H3/t27-,28-,41?/m0/s1. The number of benzene rings is 6. The van der Waals surface area contributed by atoms with Gasteiger partial charge in [-0.3, -0.25) is 0 Å². The van der Waals surface area contributed by atoms with Crippen molar-refractivity contribution < 1.29 is 18.5 Å². The lowest BCUT2D eigenvalue weighted by molar-refractivity contribution is 0.243. The molecule has 0 amide bonds. The molecule has 6 aromatic carbocycles. The highest BCUT2D eigenvalue weighted by molar-refractivity contribution is 7.45. The van der Waals surface area contributed by atoms with Gasteiger partial charge in [0.05, 0.1) is 16.5 Å². The van der Waals surface area contributed by atoms with Crippen molar-refractivity contribution in [2.45, 2.75) is 31.3 Å². The monoisotopic (exact) mass is 633 g/mol. The van der Waals surface area contributed by atoms with E-state index in [0.29, 0.717) is 0 Å². The Bertz CT molecular complexity index is 1970. The fourth-order valence-electron chi connectivity index (χ4n) is 7.53. The smallest absolute Gasteiger partial charge is 0.385 e. The van der Waals surface area contributed by atoms with Gasteiger partial charge in [0.15, 0.2) is 0 Å². The Hall–Kier alpha value is -5.09. The van der Waals surface area contributed by atoms with Gasteiger partial charge in [-0.15, -0.1) is 0 Å². The second-order valence-corrected chi connectivity index (χ2v) is 13.5. The summed E-state index contributed by atoms with van der Waals surface area (Å²) in [6, 6.07) is 49.9.